The van der Waals surface area contributed by atoms with E-state index in [2.05, 4.69) is 21.4 Å². The van der Waals surface area contributed by atoms with E-state index in [9.17, 15) is 0 Å². The highest BCUT2D eigenvalue weighted by atomic mass is 16.5. The van der Waals surface area contributed by atoms with E-state index in [0.717, 1.165) is 24.8 Å². The van der Waals surface area contributed by atoms with Crippen molar-refractivity contribution >= 4 is 16.7 Å². The maximum atomic E-state index is 8.56. The Bertz CT molecular complexity index is 713. The van der Waals surface area contributed by atoms with Crippen molar-refractivity contribution in [3.63, 3.8) is 0 Å². The molecule has 7 nitrogen and oxygen atoms in total. The van der Waals surface area contributed by atoms with Gasteiger partial charge in [0.25, 0.3) is 0 Å². The van der Waals surface area contributed by atoms with Crippen LogP contribution in [0.15, 0.2) is 12.4 Å². The second-order valence-electron chi connectivity index (χ2n) is 4.81. The molecule has 0 saturated carbocycles. The van der Waals surface area contributed by atoms with Gasteiger partial charge in [0, 0.05) is 13.0 Å². The summed E-state index contributed by atoms with van der Waals surface area (Å²) in [5, 5.41) is 12.6. The molecular formula is C16H20N4O3. The molecule has 2 rings (SSSR count). The SMILES string of the molecule is COc1cc2c(NCCCCC#N)ncnc2c(OC)c1OC. The van der Waals surface area contributed by atoms with Crippen molar-refractivity contribution < 1.29 is 14.2 Å². The summed E-state index contributed by atoms with van der Waals surface area (Å²) in [4.78, 5) is 8.59. The van der Waals surface area contributed by atoms with E-state index in [0.29, 0.717) is 35.0 Å². The van der Waals surface area contributed by atoms with Crippen LogP contribution < -0.4 is 19.5 Å². The van der Waals surface area contributed by atoms with E-state index in [4.69, 9.17) is 19.5 Å². The van der Waals surface area contributed by atoms with Crippen LogP contribution in [-0.4, -0.2) is 37.8 Å². The molecule has 0 amide bonds. The average Bonchev–Trinajstić information content (AvgIpc) is 2.59. The summed E-state index contributed by atoms with van der Waals surface area (Å²) in [5.74, 6) is 2.27. The Morgan fingerprint density at radius 1 is 1.09 bits per heavy atom. The molecule has 0 unspecified atom stereocenters. The maximum absolute atomic E-state index is 8.56. The van der Waals surface area contributed by atoms with Gasteiger partial charge >= 0.3 is 0 Å². The van der Waals surface area contributed by atoms with Gasteiger partial charge < -0.3 is 19.5 Å². The van der Waals surface area contributed by atoms with Gasteiger partial charge in [0.05, 0.1) is 32.8 Å². The van der Waals surface area contributed by atoms with Crippen molar-refractivity contribution in [2.45, 2.75) is 19.3 Å². The summed E-state index contributed by atoms with van der Waals surface area (Å²) < 4.78 is 16.2. The van der Waals surface area contributed by atoms with Crippen molar-refractivity contribution in [2.75, 3.05) is 33.2 Å². The summed E-state index contributed by atoms with van der Waals surface area (Å²) in [6, 6.07) is 3.97. The second-order valence-corrected chi connectivity index (χ2v) is 4.81. The number of fused-ring (bicyclic) bond motifs is 1. The van der Waals surface area contributed by atoms with Crippen molar-refractivity contribution in [2.24, 2.45) is 0 Å². The molecule has 0 aliphatic carbocycles. The number of nitrogens with zero attached hydrogens (tertiary/aromatic N) is 3. The van der Waals surface area contributed by atoms with Crippen molar-refractivity contribution in [3.05, 3.63) is 12.4 Å². The zero-order chi connectivity index (χ0) is 16.7. The summed E-state index contributed by atoms with van der Waals surface area (Å²) >= 11 is 0. The highest BCUT2D eigenvalue weighted by Gasteiger charge is 2.19. The van der Waals surface area contributed by atoms with Crippen molar-refractivity contribution in [3.8, 4) is 23.3 Å². The number of nitriles is 1. The fraction of sp³-hybridized carbons (Fsp3) is 0.438. The number of nitrogens with one attached hydrogen (secondary N) is 1. The van der Waals surface area contributed by atoms with E-state index in [1.807, 2.05) is 6.07 Å². The molecule has 0 atom stereocenters. The molecule has 0 radical (unpaired) electrons. The lowest BCUT2D eigenvalue weighted by Gasteiger charge is -2.15. The highest BCUT2D eigenvalue weighted by Crippen LogP contribution is 2.43. The van der Waals surface area contributed by atoms with Gasteiger partial charge in [-0.3, -0.25) is 0 Å². The largest absolute Gasteiger partial charge is 0.493 e. The first-order chi connectivity index (χ1) is 11.3. The molecule has 0 bridgehead atoms. The minimum atomic E-state index is 0.501. The molecule has 7 heteroatoms. The number of hydrogen-bond acceptors (Lipinski definition) is 7. The topological polar surface area (TPSA) is 89.3 Å². The molecule has 1 N–H and O–H groups in total. The van der Waals surface area contributed by atoms with Crippen LogP contribution in [0.3, 0.4) is 0 Å². The zero-order valence-electron chi connectivity index (χ0n) is 13.5. The van der Waals surface area contributed by atoms with Gasteiger partial charge in [0.1, 0.15) is 17.7 Å². The quantitative estimate of drug-likeness (QED) is 0.749. The predicted molar refractivity (Wildman–Crippen MR) is 87.1 cm³/mol. The summed E-state index contributed by atoms with van der Waals surface area (Å²) in [6.45, 7) is 0.727. The van der Waals surface area contributed by atoms with Gasteiger partial charge in [-0.05, 0) is 18.9 Å². The maximum Gasteiger partial charge on any atom is 0.205 e. The highest BCUT2D eigenvalue weighted by molar-refractivity contribution is 5.96. The molecule has 122 valence electrons. The Labute approximate surface area is 135 Å². The Kier molecular flexibility index (Phi) is 5.80. The molecule has 0 aliphatic rings. The lowest BCUT2D eigenvalue weighted by molar-refractivity contribution is 0.327. The van der Waals surface area contributed by atoms with Crippen molar-refractivity contribution in [1.82, 2.24) is 9.97 Å². The lowest BCUT2D eigenvalue weighted by Crippen LogP contribution is -2.05. The van der Waals surface area contributed by atoms with Gasteiger partial charge in [0.15, 0.2) is 11.5 Å². The summed E-state index contributed by atoms with van der Waals surface area (Å²) in [5.41, 5.74) is 0.652. The van der Waals surface area contributed by atoms with Crippen LogP contribution in [0.4, 0.5) is 5.82 Å². The zero-order valence-corrected chi connectivity index (χ0v) is 13.5. The fourth-order valence-electron chi connectivity index (χ4n) is 2.34. The van der Waals surface area contributed by atoms with Crippen LogP contribution in [0.2, 0.25) is 0 Å². The van der Waals surface area contributed by atoms with Crippen LogP contribution >= 0.6 is 0 Å². The first-order valence-corrected chi connectivity index (χ1v) is 7.31. The third kappa shape index (κ3) is 3.54. The Morgan fingerprint density at radius 2 is 1.87 bits per heavy atom. The smallest absolute Gasteiger partial charge is 0.205 e. The second kappa shape index (κ2) is 8.03. The van der Waals surface area contributed by atoms with Gasteiger partial charge in [-0.2, -0.15) is 5.26 Å². The van der Waals surface area contributed by atoms with E-state index in [1.54, 1.807) is 21.3 Å². The van der Waals surface area contributed by atoms with Gasteiger partial charge in [0.2, 0.25) is 5.75 Å². The summed E-state index contributed by atoms with van der Waals surface area (Å²) in [7, 11) is 4.69. The van der Waals surface area contributed by atoms with Gasteiger partial charge in [-0.15, -0.1) is 0 Å². The van der Waals surface area contributed by atoms with E-state index in [1.165, 1.54) is 6.33 Å². The van der Waals surface area contributed by atoms with Crippen LogP contribution in [0.1, 0.15) is 19.3 Å². The number of aromatic nitrogens is 2. The lowest BCUT2D eigenvalue weighted by atomic mass is 10.1. The molecule has 2 aromatic rings. The van der Waals surface area contributed by atoms with Crippen LogP contribution in [0, 0.1) is 11.3 Å². The molecular weight excluding hydrogens is 296 g/mol. The van der Waals surface area contributed by atoms with Gasteiger partial charge in [-0.25, -0.2) is 9.97 Å². The third-order valence-corrected chi connectivity index (χ3v) is 3.44. The van der Waals surface area contributed by atoms with Crippen molar-refractivity contribution in [1.29, 1.82) is 5.26 Å². The average molecular weight is 316 g/mol. The molecule has 0 fully saturated rings. The monoisotopic (exact) mass is 316 g/mol. The molecule has 1 aromatic carbocycles. The molecule has 1 heterocycles. The number of hydrogen-bond donors (Lipinski definition) is 1. The number of rotatable bonds is 8. The number of anilines is 1. The molecule has 0 aliphatic heterocycles. The van der Waals surface area contributed by atoms with Crippen LogP contribution in [-0.2, 0) is 0 Å². The molecule has 0 spiro atoms. The molecule has 0 saturated heterocycles. The minimum Gasteiger partial charge on any atom is -0.493 e. The van der Waals surface area contributed by atoms with Crippen LogP contribution in [0.25, 0.3) is 10.9 Å². The number of ether oxygens (including phenoxy) is 3. The first kappa shape index (κ1) is 16.6. The number of unbranched alkanes of at least 4 members (excludes halogenated alkanes) is 2. The number of benzene rings is 1. The van der Waals surface area contributed by atoms with Crippen LogP contribution in [0.5, 0.6) is 17.2 Å². The summed E-state index contributed by atoms with van der Waals surface area (Å²) in [6.07, 6.45) is 3.79. The number of methoxy groups -OCH3 is 3. The fourth-order valence-corrected chi connectivity index (χ4v) is 2.34. The normalized spacial score (nSPS) is 10.2. The first-order valence-electron chi connectivity index (χ1n) is 7.31. The Balaban J connectivity index is 2.38. The Morgan fingerprint density at radius 3 is 2.52 bits per heavy atom. The van der Waals surface area contributed by atoms with E-state index < -0.39 is 0 Å². The van der Waals surface area contributed by atoms with Gasteiger partial charge in [-0.1, -0.05) is 0 Å². The van der Waals surface area contributed by atoms with E-state index in [-0.39, 0.29) is 0 Å². The predicted octanol–water partition coefficient (Wildman–Crippen LogP) is 2.76. The molecule has 1 aromatic heterocycles. The molecule has 23 heavy (non-hydrogen) atoms. The minimum absolute atomic E-state index is 0.501. The van der Waals surface area contributed by atoms with E-state index >= 15 is 0 Å². The standard InChI is InChI=1S/C16H20N4O3/c1-21-12-9-11-13(15(23-3)14(12)22-2)19-10-20-16(11)18-8-6-4-5-7-17/h9-10H,4-6,8H2,1-3H3,(H,18,19,20). The third-order valence-electron chi connectivity index (χ3n) is 3.44. The Hall–Kier alpha value is -2.75.